The van der Waals surface area contributed by atoms with Crippen LogP contribution in [0, 0.1) is 11.3 Å². The molecule has 0 atom stereocenters. The van der Waals surface area contributed by atoms with Gasteiger partial charge in [-0.2, -0.15) is 5.26 Å². The Hall–Kier alpha value is -1.55. The molecule has 70 valence electrons. The highest BCUT2D eigenvalue weighted by Gasteiger charge is 2.05. The van der Waals surface area contributed by atoms with Crippen LogP contribution < -0.4 is 0 Å². The molecule has 1 heteroatoms. The predicted octanol–water partition coefficient (Wildman–Crippen LogP) is 3.52. The molecule has 2 rings (SSSR count). The Morgan fingerprint density at radius 3 is 2.43 bits per heavy atom. The summed E-state index contributed by atoms with van der Waals surface area (Å²) in [6, 6.07) is 10.0. The molecule has 0 fully saturated rings. The van der Waals surface area contributed by atoms with E-state index >= 15 is 0 Å². The topological polar surface area (TPSA) is 23.8 Å². The van der Waals surface area contributed by atoms with Crippen LogP contribution in [0.5, 0.6) is 0 Å². The van der Waals surface area contributed by atoms with E-state index in [1.54, 1.807) is 0 Å². The summed E-state index contributed by atoms with van der Waals surface area (Å²) in [5, 5.41) is 8.67. The van der Waals surface area contributed by atoms with Gasteiger partial charge in [-0.25, -0.2) is 0 Å². The summed E-state index contributed by atoms with van der Waals surface area (Å²) in [5.74, 6) is 0. The molecule has 0 aromatic heterocycles. The number of hydrogen-bond donors (Lipinski definition) is 0. The molecular weight excluding hydrogens is 170 g/mol. The molecule has 0 heterocycles. The monoisotopic (exact) mass is 183 g/mol. The summed E-state index contributed by atoms with van der Waals surface area (Å²) in [6.45, 7) is 0. The Morgan fingerprint density at radius 2 is 1.86 bits per heavy atom. The molecule has 0 saturated carbocycles. The van der Waals surface area contributed by atoms with Gasteiger partial charge in [0.1, 0.15) is 0 Å². The number of nitrogens with zero attached hydrogens (tertiary/aromatic N) is 1. The van der Waals surface area contributed by atoms with Crippen LogP contribution in [0.1, 0.15) is 36.8 Å². The molecule has 0 radical (unpaired) electrons. The Balaban J connectivity index is 2.25. The number of allylic oxidation sites excluding steroid dienone is 2. The minimum atomic E-state index is 0.741. The second-order valence-electron chi connectivity index (χ2n) is 3.66. The van der Waals surface area contributed by atoms with Crippen molar-refractivity contribution in [2.75, 3.05) is 0 Å². The van der Waals surface area contributed by atoms with Crippen LogP contribution in [0.15, 0.2) is 30.3 Å². The van der Waals surface area contributed by atoms with Crippen molar-refractivity contribution in [1.82, 2.24) is 0 Å². The average Bonchev–Trinajstić information content (AvgIpc) is 2.30. The summed E-state index contributed by atoms with van der Waals surface area (Å²) in [7, 11) is 0. The molecule has 0 spiro atoms. The van der Waals surface area contributed by atoms with Crippen LogP contribution in [0.2, 0.25) is 0 Å². The lowest BCUT2D eigenvalue weighted by atomic mass is 9.93. The van der Waals surface area contributed by atoms with Crippen LogP contribution >= 0.6 is 0 Å². The van der Waals surface area contributed by atoms with Gasteiger partial charge in [-0.15, -0.1) is 0 Å². The molecule has 0 N–H and O–H groups in total. The molecule has 1 aliphatic rings. The number of hydrogen-bond acceptors (Lipinski definition) is 1. The predicted molar refractivity (Wildman–Crippen MR) is 57.6 cm³/mol. The van der Waals surface area contributed by atoms with Gasteiger partial charge in [-0.1, -0.05) is 18.2 Å². The maximum Gasteiger partial charge on any atom is 0.0991 e. The van der Waals surface area contributed by atoms with Crippen molar-refractivity contribution in [3.8, 4) is 6.07 Å². The van der Waals surface area contributed by atoms with E-state index in [1.807, 2.05) is 12.1 Å². The fourth-order valence-corrected chi connectivity index (χ4v) is 1.86. The number of benzene rings is 1. The molecule has 1 aromatic carbocycles. The normalized spacial score (nSPS) is 15.8. The first-order valence-corrected chi connectivity index (χ1v) is 5.10. The average molecular weight is 183 g/mol. The molecule has 0 amide bonds. The molecule has 1 nitrogen and oxygen atoms in total. The third kappa shape index (κ3) is 1.85. The van der Waals surface area contributed by atoms with Crippen LogP contribution in [0.25, 0.3) is 5.57 Å². The first-order chi connectivity index (χ1) is 6.90. The lowest BCUT2D eigenvalue weighted by Gasteiger charge is -2.12. The smallest absolute Gasteiger partial charge is 0.0991 e. The van der Waals surface area contributed by atoms with E-state index in [1.165, 1.54) is 36.8 Å². The van der Waals surface area contributed by atoms with Gasteiger partial charge in [0.15, 0.2) is 0 Å². The third-order valence-corrected chi connectivity index (χ3v) is 2.68. The highest BCUT2D eigenvalue weighted by molar-refractivity contribution is 5.66. The van der Waals surface area contributed by atoms with Gasteiger partial charge in [0.05, 0.1) is 11.6 Å². The third-order valence-electron chi connectivity index (χ3n) is 2.68. The Labute approximate surface area is 84.7 Å². The van der Waals surface area contributed by atoms with Crippen molar-refractivity contribution < 1.29 is 0 Å². The standard InChI is InChI=1S/C13H13N/c14-10-11-6-8-13(9-7-11)12-4-2-1-3-5-12/h4,6-9H,1-3,5H2. The zero-order valence-electron chi connectivity index (χ0n) is 8.16. The lowest BCUT2D eigenvalue weighted by Crippen LogP contribution is -1.91. The Kier molecular flexibility index (Phi) is 2.65. The molecule has 0 aliphatic heterocycles. The second-order valence-corrected chi connectivity index (χ2v) is 3.66. The van der Waals surface area contributed by atoms with Crippen molar-refractivity contribution in [1.29, 1.82) is 5.26 Å². The molecule has 1 aliphatic carbocycles. The van der Waals surface area contributed by atoms with Gasteiger partial charge < -0.3 is 0 Å². The van der Waals surface area contributed by atoms with Crippen LogP contribution in [-0.2, 0) is 0 Å². The molecular formula is C13H13N. The van der Waals surface area contributed by atoms with Crippen LogP contribution in [-0.4, -0.2) is 0 Å². The summed E-state index contributed by atoms with van der Waals surface area (Å²) in [6.07, 6.45) is 7.33. The maximum atomic E-state index is 8.67. The largest absolute Gasteiger partial charge is 0.192 e. The quantitative estimate of drug-likeness (QED) is 0.653. The van der Waals surface area contributed by atoms with E-state index in [0.717, 1.165) is 5.56 Å². The highest BCUT2D eigenvalue weighted by atomic mass is 14.2. The van der Waals surface area contributed by atoms with Gasteiger partial charge in [-0.3, -0.25) is 0 Å². The fraction of sp³-hybridized carbons (Fsp3) is 0.308. The van der Waals surface area contributed by atoms with E-state index in [-0.39, 0.29) is 0 Å². The van der Waals surface area contributed by atoms with Crippen molar-refractivity contribution in [3.05, 3.63) is 41.5 Å². The minimum absolute atomic E-state index is 0.741. The van der Waals surface area contributed by atoms with Crippen molar-refractivity contribution >= 4 is 5.57 Å². The number of nitriles is 1. The zero-order valence-corrected chi connectivity index (χ0v) is 8.16. The highest BCUT2D eigenvalue weighted by Crippen LogP contribution is 2.26. The summed E-state index contributed by atoms with van der Waals surface area (Å²) >= 11 is 0. The van der Waals surface area contributed by atoms with E-state index in [9.17, 15) is 0 Å². The van der Waals surface area contributed by atoms with E-state index in [4.69, 9.17) is 5.26 Å². The first-order valence-electron chi connectivity index (χ1n) is 5.10. The molecule has 0 saturated heterocycles. The summed E-state index contributed by atoms with van der Waals surface area (Å²) in [5.41, 5.74) is 3.47. The van der Waals surface area contributed by atoms with E-state index in [0.29, 0.717) is 0 Å². The van der Waals surface area contributed by atoms with E-state index < -0.39 is 0 Å². The zero-order chi connectivity index (χ0) is 9.80. The van der Waals surface area contributed by atoms with Crippen LogP contribution in [0.3, 0.4) is 0 Å². The van der Waals surface area contributed by atoms with Gasteiger partial charge in [0.2, 0.25) is 0 Å². The molecule has 0 unspecified atom stereocenters. The molecule has 1 aromatic rings. The summed E-state index contributed by atoms with van der Waals surface area (Å²) < 4.78 is 0. The Morgan fingerprint density at radius 1 is 1.07 bits per heavy atom. The molecule has 14 heavy (non-hydrogen) atoms. The molecule has 0 bridgehead atoms. The minimum Gasteiger partial charge on any atom is -0.192 e. The number of rotatable bonds is 1. The maximum absolute atomic E-state index is 8.67. The van der Waals surface area contributed by atoms with Gasteiger partial charge >= 0.3 is 0 Å². The van der Waals surface area contributed by atoms with Gasteiger partial charge in [-0.05, 0) is 49.0 Å². The van der Waals surface area contributed by atoms with Crippen molar-refractivity contribution in [3.63, 3.8) is 0 Å². The van der Waals surface area contributed by atoms with E-state index in [2.05, 4.69) is 24.3 Å². The van der Waals surface area contributed by atoms with Crippen LogP contribution in [0.4, 0.5) is 0 Å². The van der Waals surface area contributed by atoms with Gasteiger partial charge in [0, 0.05) is 0 Å². The first kappa shape index (κ1) is 9.02. The second kappa shape index (κ2) is 4.11. The van der Waals surface area contributed by atoms with Crippen molar-refractivity contribution in [2.45, 2.75) is 25.7 Å². The Bertz CT molecular complexity index is 379. The van der Waals surface area contributed by atoms with Crippen molar-refractivity contribution in [2.24, 2.45) is 0 Å². The SMILES string of the molecule is N#Cc1ccc(C2=CCCCC2)cc1. The summed E-state index contributed by atoms with van der Waals surface area (Å²) in [4.78, 5) is 0. The van der Waals surface area contributed by atoms with Gasteiger partial charge in [0.25, 0.3) is 0 Å². The lowest BCUT2D eigenvalue weighted by molar-refractivity contribution is 0.742. The fourth-order valence-electron chi connectivity index (χ4n) is 1.86.